The number of anilines is 2. The molecule has 0 saturated heterocycles. The van der Waals surface area contributed by atoms with Crippen LogP contribution >= 0.6 is 0 Å². The normalized spacial score (nSPS) is 9.86. The van der Waals surface area contributed by atoms with Crippen molar-refractivity contribution >= 4 is 11.4 Å². The summed E-state index contributed by atoms with van der Waals surface area (Å²) in [7, 11) is 0. The number of nitrogens with zero attached hydrogens (tertiary/aromatic N) is 2. The van der Waals surface area contributed by atoms with E-state index in [0.717, 1.165) is 22.6 Å². The fourth-order valence-corrected chi connectivity index (χ4v) is 2.05. The van der Waals surface area contributed by atoms with Gasteiger partial charge in [0, 0.05) is 23.1 Å². The lowest BCUT2D eigenvalue weighted by molar-refractivity contribution is 1.33. The molecule has 0 radical (unpaired) electrons. The smallest absolute Gasteiger partial charge is 0.0991 e. The Balaban J connectivity index is 1.76. The molecule has 2 aromatic carbocycles. The molecule has 0 saturated carbocycles. The van der Waals surface area contributed by atoms with Gasteiger partial charge < -0.3 is 5.32 Å². The summed E-state index contributed by atoms with van der Waals surface area (Å²) < 4.78 is 0. The number of nitriles is 1. The summed E-state index contributed by atoms with van der Waals surface area (Å²) >= 11 is 0. The maximum atomic E-state index is 8.78. The lowest BCUT2D eigenvalue weighted by Gasteiger charge is -2.07. The van der Waals surface area contributed by atoms with Crippen LogP contribution in [-0.4, -0.2) is 4.98 Å². The SMILES string of the molecule is N#Cc1ccc(Nc2ccc(-c3ccccn3)cc2)cc1. The minimum atomic E-state index is 0.658. The third kappa shape index (κ3) is 3.07. The Kier molecular flexibility index (Phi) is 3.62. The van der Waals surface area contributed by atoms with Crippen molar-refractivity contribution in [3.63, 3.8) is 0 Å². The first-order valence-corrected chi connectivity index (χ1v) is 6.64. The van der Waals surface area contributed by atoms with Crippen LogP contribution in [0.25, 0.3) is 11.3 Å². The van der Waals surface area contributed by atoms with E-state index in [1.165, 1.54) is 0 Å². The summed E-state index contributed by atoms with van der Waals surface area (Å²) in [6.07, 6.45) is 1.79. The Labute approximate surface area is 123 Å². The van der Waals surface area contributed by atoms with Crippen molar-refractivity contribution < 1.29 is 0 Å². The topological polar surface area (TPSA) is 48.7 Å². The summed E-state index contributed by atoms with van der Waals surface area (Å²) in [6.45, 7) is 0. The second-order valence-corrected chi connectivity index (χ2v) is 4.61. The predicted octanol–water partition coefficient (Wildman–Crippen LogP) is 4.36. The van der Waals surface area contributed by atoms with E-state index in [0.29, 0.717) is 5.56 Å². The molecular weight excluding hydrogens is 258 g/mol. The van der Waals surface area contributed by atoms with Crippen LogP contribution in [0.3, 0.4) is 0 Å². The second-order valence-electron chi connectivity index (χ2n) is 4.61. The van der Waals surface area contributed by atoms with Gasteiger partial charge in [-0.3, -0.25) is 4.98 Å². The highest BCUT2D eigenvalue weighted by Gasteiger charge is 1.99. The molecule has 0 aliphatic rings. The molecule has 0 amide bonds. The number of hydrogen-bond donors (Lipinski definition) is 1. The van der Waals surface area contributed by atoms with Crippen LogP contribution in [0.5, 0.6) is 0 Å². The van der Waals surface area contributed by atoms with Crippen molar-refractivity contribution in [2.45, 2.75) is 0 Å². The van der Waals surface area contributed by atoms with Gasteiger partial charge in [-0.1, -0.05) is 18.2 Å². The van der Waals surface area contributed by atoms with Crippen LogP contribution < -0.4 is 5.32 Å². The Morgan fingerprint density at radius 3 is 2.05 bits per heavy atom. The lowest BCUT2D eigenvalue weighted by atomic mass is 10.1. The third-order valence-electron chi connectivity index (χ3n) is 3.15. The second kappa shape index (κ2) is 5.89. The van der Waals surface area contributed by atoms with Gasteiger partial charge >= 0.3 is 0 Å². The highest BCUT2D eigenvalue weighted by atomic mass is 14.9. The first-order chi connectivity index (χ1) is 10.3. The molecule has 0 aliphatic carbocycles. The first kappa shape index (κ1) is 12.9. The highest BCUT2D eigenvalue weighted by Crippen LogP contribution is 2.21. The van der Waals surface area contributed by atoms with E-state index in [9.17, 15) is 0 Å². The largest absolute Gasteiger partial charge is 0.356 e. The molecule has 0 atom stereocenters. The van der Waals surface area contributed by atoms with Gasteiger partial charge in [-0.2, -0.15) is 5.26 Å². The van der Waals surface area contributed by atoms with Crippen LogP contribution in [-0.2, 0) is 0 Å². The highest BCUT2D eigenvalue weighted by molar-refractivity contribution is 5.66. The van der Waals surface area contributed by atoms with Crippen molar-refractivity contribution in [3.05, 3.63) is 78.5 Å². The van der Waals surface area contributed by atoms with E-state index in [-0.39, 0.29) is 0 Å². The zero-order valence-corrected chi connectivity index (χ0v) is 11.3. The minimum absolute atomic E-state index is 0.658. The molecule has 1 heterocycles. The molecule has 3 nitrogen and oxygen atoms in total. The molecule has 21 heavy (non-hydrogen) atoms. The van der Waals surface area contributed by atoms with Crippen LogP contribution in [0.1, 0.15) is 5.56 Å². The van der Waals surface area contributed by atoms with E-state index in [2.05, 4.69) is 16.4 Å². The molecular formula is C18H13N3. The first-order valence-electron chi connectivity index (χ1n) is 6.64. The minimum Gasteiger partial charge on any atom is -0.356 e. The van der Waals surface area contributed by atoms with E-state index < -0.39 is 0 Å². The zero-order chi connectivity index (χ0) is 14.5. The van der Waals surface area contributed by atoms with Crippen LogP contribution in [0.4, 0.5) is 11.4 Å². The molecule has 0 bridgehead atoms. The summed E-state index contributed by atoms with van der Waals surface area (Å²) in [5.74, 6) is 0. The number of benzene rings is 2. The average Bonchev–Trinajstić information content (AvgIpc) is 2.57. The van der Waals surface area contributed by atoms with Gasteiger partial charge in [-0.15, -0.1) is 0 Å². The van der Waals surface area contributed by atoms with Gasteiger partial charge in [0.2, 0.25) is 0 Å². The third-order valence-corrected chi connectivity index (χ3v) is 3.15. The quantitative estimate of drug-likeness (QED) is 0.769. The van der Waals surface area contributed by atoms with Crippen LogP contribution in [0.15, 0.2) is 72.9 Å². The van der Waals surface area contributed by atoms with Crippen molar-refractivity contribution in [3.8, 4) is 17.3 Å². The standard InChI is InChI=1S/C18H13N3/c19-13-14-4-8-16(9-5-14)21-17-10-6-15(7-11-17)18-3-1-2-12-20-18/h1-12,21H. The lowest BCUT2D eigenvalue weighted by Crippen LogP contribution is -1.90. The van der Waals surface area contributed by atoms with Crippen molar-refractivity contribution in [1.82, 2.24) is 4.98 Å². The van der Waals surface area contributed by atoms with Gasteiger partial charge in [-0.05, 0) is 48.5 Å². The zero-order valence-electron chi connectivity index (χ0n) is 11.3. The van der Waals surface area contributed by atoms with Crippen molar-refractivity contribution in [2.24, 2.45) is 0 Å². The average molecular weight is 271 g/mol. The van der Waals surface area contributed by atoms with E-state index in [4.69, 9.17) is 5.26 Å². The monoisotopic (exact) mass is 271 g/mol. The maximum absolute atomic E-state index is 8.78. The summed E-state index contributed by atoms with van der Waals surface area (Å²) in [4.78, 5) is 4.33. The summed E-state index contributed by atoms with van der Waals surface area (Å²) in [5.41, 5.74) is 4.66. The molecule has 3 aromatic rings. The molecule has 0 aliphatic heterocycles. The van der Waals surface area contributed by atoms with Crippen molar-refractivity contribution in [1.29, 1.82) is 5.26 Å². The molecule has 0 unspecified atom stereocenters. The van der Waals surface area contributed by atoms with Gasteiger partial charge in [-0.25, -0.2) is 0 Å². The molecule has 1 N–H and O–H groups in total. The maximum Gasteiger partial charge on any atom is 0.0991 e. The fourth-order valence-electron chi connectivity index (χ4n) is 2.05. The van der Waals surface area contributed by atoms with Crippen molar-refractivity contribution in [2.75, 3.05) is 5.32 Å². The van der Waals surface area contributed by atoms with E-state index in [1.54, 1.807) is 18.3 Å². The summed E-state index contributed by atoms with van der Waals surface area (Å²) in [5, 5.41) is 12.1. The number of rotatable bonds is 3. The fraction of sp³-hybridized carbons (Fsp3) is 0. The molecule has 1 aromatic heterocycles. The van der Waals surface area contributed by atoms with Gasteiger partial charge in [0.05, 0.1) is 17.3 Å². The van der Waals surface area contributed by atoms with Gasteiger partial charge in [0.1, 0.15) is 0 Å². The number of nitrogens with one attached hydrogen (secondary N) is 1. The molecule has 3 rings (SSSR count). The number of aromatic nitrogens is 1. The van der Waals surface area contributed by atoms with E-state index in [1.807, 2.05) is 54.6 Å². The number of pyridine rings is 1. The molecule has 0 fully saturated rings. The van der Waals surface area contributed by atoms with Crippen LogP contribution in [0.2, 0.25) is 0 Å². The van der Waals surface area contributed by atoms with Gasteiger partial charge in [0.25, 0.3) is 0 Å². The summed E-state index contributed by atoms with van der Waals surface area (Å²) in [6, 6.07) is 23.5. The van der Waals surface area contributed by atoms with Gasteiger partial charge in [0.15, 0.2) is 0 Å². The van der Waals surface area contributed by atoms with E-state index >= 15 is 0 Å². The molecule has 100 valence electrons. The molecule has 3 heteroatoms. The number of hydrogen-bond acceptors (Lipinski definition) is 3. The Morgan fingerprint density at radius 2 is 1.48 bits per heavy atom. The molecule has 0 spiro atoms. The predicted molar refractivity (Wildman–Crippen MR) is 84.1 cm³/mol. The van der Waals surface area contributed by atoms with Crippen LogP contribution in [0, 0.1) is 11.3 Å². The Hall–Kier alpha value is -3.12. The Bertz CT molecular complexity index is 754. The Morgan fingerprint density at radius 1 is 0.810 bits per heavy atom.